The number of nitrogens with two attached hydrogens (primary N) is 1. The average molecular weight is 414 g/mol. The summed E-state index contributed by atoms with van der Waals surface area (Å²) in [6.45, 7) is 1.13. The fourth-order valence-corrected chi connectivity index (χ4v) is 5.52. The number of piperidine rings is 1. The molecule has 0 aliphatic carbocycles. The van der Waals surface area contributed by atoms with Crippen molar-refractivity contribution < 1.29 is 13.2 Å². The number of nitrogen functional groups attached to an aromatic ring is 1. The van der Waals surface area contributed by atoms with E-state index >= 15 is 0 Å². The Morgan fingerprint density at radius 2 is 1.88 bits per heavy atom. The summed E-state index contributed by atoms with van der Waals surface area (Å²) in [5.74, 6) is -0.0435. The van der Waals surface area contributed by atoms with Crippen molar-refractivity contribution in [1.29, 1.82) is 0 Å². The van der Waals surface area contributed by atoms with Crippen LogP contribution in [0.15, 0.2) is 33.5 Å². The SMILES string of the molecule is Nc1nnc(SCC(=O)Nc2ccc(S(=O)(=O)N3CCCCC3)cc2)s1. The van der Waals surface area contributed by atoms with Gasteiger partial charge in [-0.05, 0) is 37.1 Å². The van der Waals surface area contributed by atoms with Crippen LogP contribution >= 0.6 is 23.1 Å². The first kappa shape index (κ1) is 19.1. The van der Waals surface area contributed by atoms with Crippen LogP contribution in [-0.2, 0) is 14.8 Å². The maximum Gasteiger partial charge on any atom is 0.243 e. The van der Waals surface area contributed by atoms with Crippen LogP contribution in [0.3, 0.4) is 0 Å². The third kappa shape index (κ3) is 4.72. The minimum absolute atomic E-state index is 0.169. The predicted molar refractivity (Wildman–Crippen MR) is 103 cm³/mol. The maximum absolute atomic E-state index is 12.6. The first-order valence-corrected chi connectivity index (χ1v) is 11.3. The number of hydrogen-bond donors (Lipinski definition) is 2. The number of amides is 1. The molecule has 1 fully saturated rings. The van der Waals surface area contributed by atoms with Crippen molar-refractivity contribution >= 4 is 49.8 Å². The standard InChI is InChI=1S/C15H19N5O3S3/c16-14-18-19-15(25-14)24-10-13(21)17-11-4-6-12(7-5-11)26(22,23)20-8-2-1-3-9-20/h4-7H,1-3,8-10H2,(H2,16,18)(H,17,21). The van der Waals surface area contributed by atoms with Gasteiger partial charge in [-0.1, -0.05) is 29.5 Å². The van der Waals surface area contributed by atoms with Crippen LogP contribution < -0.4 is 11.1 Å². The van der Waals surface area contributed by atoms with Gasteiger partial charge in [0.15, 0.2) is 4.34 Å². The van der Waals surface area contributed by atoms with Gasteiger partial charge in [0.2, 0.25) is 21.1 Å². The Morgan fingerprint density at radius 3 is 2.50 bits per heavy atom. The van der Waals surface area contributed by atoms with Crippen molar-refractivity contribution in [2.45, 2.75) is 28.5 Å². The van der Waals surface area contributed by atoms with Crippen LogP contribution in [0, 0.1) is 0 Å². The molecule has 0 atom stereocenters. The molecular weight excluding hydrogens is 394 g/mol. The molecule has 140 valence electrons. The monoisotopic (exact) mass is 413 g/mol. The first-order valence-electron chi connectivity index (χ1n) is 8.07. The topological polar surface area (TPSA) is 118 Å². The molecule has 2 aromatic rings. The van der Waals surface area contributed by atoms with E-state index in [9.17, 15) is 13.2 Å². The van der Waals surface area contributed by atoms with Crippen LogP contribution in [0.2, 0.25) is 0 Å². The van der Waals surface area contributed by atoms with Gasteiger partial charge >= 0.3 is 0 Å². The van der Waals surface area contributed by atoms with E-state index in [-0.39, 0.29) is 16.6 Å². The van der Waals surface area contributed by atoms with Gasteiger partial charge in [0.05, 0.1) is 10.6 Å². The number of anilines is 2. The molecular formula is C15H19N5O3S3. The van der Waals surface area contributed by atoms with Gasteiger partial charge in [-0.15, -0.1) is 10.2 Å². The van der Waals surface area contributed by atoms with E-state index in [2.05, 4.69) is 15.5 Å². The minimum atomic E-state index is -3.46. The Bertz CT molecular complexity index is 861. The minimum Gasteiger partial charge on any atom is -0.374 e. The lowest BCUT2D eigenvalue weighted by molar-refractivity contribution is -0.113. The zero-order chi connectivity index (χ0) is 18.6. The predicted octanol–water partition coefficient (Wildman–Crippen LogP) is 2.03. The number of carbonyl (C=O) groups excluding carboxylic acids is 1. The van der Waals surface area contributed by atoms with Gasteiger partial charge in [0.25, 0.3) is 0 Å². The summed E-state index contributed by atoms with van der Waals surface area (Å²) in [7, 11) is -3.46. The van der Waals surface area contributed by atoms with Gasteiger partial charge in [-0.25, -0.2) is 8.42 Å². The number of nitrogens with one attached hydrogen (secondary N) is 1. The van der Waals surface area contributed by atoms with Crippen molar-refractivity contribution in [3.8, 4) is 0 Å². The van der Waals surface area contributed by atoms with Crippen molar-refractivity contribution in [1.82, 2.24) is 14.5 Å². The quantitative estimate of drug-likeness (QED) is 0.696. The smallest absolute Gasteiger partial charge is 0.243 e. The van der Waals surface area contributed by atoms with Gasteiger partial charge in [-0.3, -0.25) is 4.79 Å². The Morgan fingerprint density at radius 1 is 1.19 bits per heavy atom. The van der Waals surface area contributed by atoms with Crippen LogP contribution in [-0.4, -0.2) is 47.7 Å². The summed E-state index contributed by atoms with van der Waals surface area (Å²) in [6.07, 6.45) is 2.86. The molecule has 0 saturated carbocycles. The lowest BCUT2D eigenvalue weighted by atomic mass is 10.2. The van der Waals surface area contributed by atoms with Gasteiger partial charge in [0.1, 0.15) is 0 Å². The molecule has 1 aromatic heterocycles. The summed E-state index contributed by atoms with van der Waals surface area (Å²) >= 11 is 2.47. The number of nitrogens with zero attached hydrogens (tertiary/aromatic N) is 3. The number of aromatic nitrogens is 2. The molecule has 0 radical (unpaired) electrons. The molecule has 8 nitrogen and oxygen atoms in total. The van der Waals surface area contributed by atoms with E-state index in [1.54, 1.807) is 12.1 Å². The third-order valence-corrected chi connectivity index (χ3v) is 7.64. The number of carbonyl (C=O) groups is 1. The van der Waals surface area contributed by atoms with Crippen molar-refractivity contribution in [3.63, 3.8) is 0 Å². The molecule has 1 aliphatic rings. The van der Waals surface area contributed by atoms with E-state index in [1.807, 2.05) is 0 Å². The zero-order valence-electron chi connectivity index (χ0n) is 13.9. The Labute approximate surface area is 160 Å². The summed E-state index contributed by atoms with van der Waals surface area (Å²) in [4.78, 5) is 12.2. The summed E-state index contributed by atoms with van der Waals surface area (Å²) in [5, 5.41) is 10.6. The summed E-state index contributed by atoms with van der Waals surface area (Å²) in [5.41, 5.74) is 6.04. The Hall–Kier alpha value is -1.69. The van der Waals surface area contributed by atoms with E-state index < -0.39 is 10.0 Å². The molecule has 3 N–H and O–H groups in total. The first-order chi connectivity index (χ1) is 12.4. The highest BCUT2D eigenvalue weighted by molar-refractivity contribution is 8.01. The van der Waals surface area contributed by atoms with Crippen molar-refractivity contribution in [2.75, 3.05) is 29.9 Å². The fourth-order valence-electron chi connectivity index (χ4n) is 2.57. The maximum atomic E-state index is 12.6. The normalized spacial score (nSPS) is 15.7. The second-order valence-corrected chi connectivity index (χ2v) is 9.90. The molecule has 1 amide bonds. The van der Waals surface area contributed by atoms with Gasteiger partial charge in [0, 0.05) is 18.8 Å². The third-order valence-electron chi connectivity index (χ3n) is 3.84. The van der Waals surface area contributed by atoms with Crippen LogP contribution in [0.4, 0.5) is 10.8 Å². The lowest BCUT2D eigenvalue weighted by Gasteiger charge is -2.25. The highest BCUT2D eigenvalue weighted by Gasteiger charge is 2.25. The number of hydrogen-bond acceptors (Lipinski definition) is 8. The number of sulfonamides is 1. The highest BCUT2D eigenvalue weighted by atomic mass is 32.2. The largest absolute Gasteiger partial charge is 0.374 e. The molecule has 1 aromatic carbocycles. The zero-order valence-corrected chi connectivity index (χ0v) is 16.4. The molecule has 3 rings (SSSR count). The molecule has 1 saturated heterocycles. The van der Waals surface area contributed by atoms with E-state index in [0.29, 0.717) is 28.2 Å². The number of rotatable bonds is 6. The van der Waals surface area contributed by atoms with Crippen LogP contribution in [0.1, 0.15) is 19.3 Å². The summed E-state index contributed by atoms with van der Waals surface area (Å²) < 4.78 is 27.3. The van der Waals surface area contributed by atoms with Gasteiger partial charge < -0.3 is 11.1 Å². The molecule has 0 unspecified atom stereocenters. The average Bonchev–Trinajstić information content (AvgIpc) is 3.06. The molecule has 0 bridgehead atoms. The fraction of sp³-hybridized carbons (Fsp3) is 0.400. The Kier molecular flexibility index (Phi) is 6.12. The molecule has 11 heteroatoms. The van der Waals surface area contributed by atoms with Crippen LogP contribution in [0.5, 0.6) is 0 Å². The summed E-state index contributed by atoms with van der Waals surface area (Å²) in [6, 6.07) is 6.25. The van der Waals surface area contributed by atoms with Gasteiger partial charge in [-0.2, -0.15) is 4.31 Å². The van der Waals surface area contributed by atoms with Crippen LogP contribution in [0.25, 0.3) is 0 Å². The van der Waals surface area contributed by atoms with E-state index in [4.69, 9.17) is 5.73 Å². The Balaban J connectivity index is 1.57. The number of thioether (sulfide) groups is 1. The second kappa shape index (κ2) is 8.33. The molecule has 26 heavy (non-hydrogen) atoms. The number of benzene rings is 1. The van der Waals surface area contributed by atoms with Crippen molar-refractivity contribution in [2.24, 2.45) is 0 Å². The van der Waals surface area contributed by atoms with E-state index in [0.717, 1.165) is 19.3 Å². The van der Waals surface area contributed by atoms with E-state index in [1.165, 1.54) is 39.5 Å². The lowest BCUT2D eigenvalue weighted by Crippen LogP contribution is -2.35. The van der Waals surface area contributed by atoms with Crippen molar-refractivity contribution in [3.05, 3.63) is 24.3 Å². The highest BCUT2D eigenvalue weighted by Crippen LogP contribution is 2.24. The molecule has 2 heterocycles. The molecule has 1 aliphatic heterocycles. The molecule has 0 spiro atoms. The second-order valence-electron chi connectivity index (χ2n) is 5.73.